The second-order valence-corrected chi connectivity index (χ2v) is 14.5. The van der Waals surface area contributed by atoms with Gasteiger partial charge in [0.1, 0.15) is 0 Å². The summed E-state index contributed by atoms with van der Waals surface area (Å²) < 4.78 is 12.5. The molecule has 0 heterocycles. The molecule has 3 unspecified atom stereocenters. The molecule has 4 rings (SSSR count). The minimum atomic E-state index is -1.16. The Morgan fingerprint density at radius 3 is 2.64 bits per heavy atom. The van der Waals surface area contributed by atoms with Gasteiger partial charge in [-0.1, -0.05) is 84.5 Å². The summed E-state index contributed by atoms with van der Waals surface area (Å²) in [5.41, 5.74) is 4.92. The van der Waals surface area contributed by atoms with Crippen LogP contribution in [0, 0.1) is 11.8 Å². The van der Waals surface area contributed by atoms with Gasteiger partial charge in [-0.25, -0.2) is 0 Å². The van der Waals surface area contributed by atoms with Crippen molar-refractivity contribution in [1.82, 2.24) is 10.6 Å². The molecule has 0 saturated heterocycles. The van der Waals surface area contributed by atoms with Gasteiger partial charge in [-0.15, -0.1) is 0 Å². The SMILES string of the molecule is CC1=C(CCC2CCCC(CC(=O)NCC3=CC=CC=CCCC3)CC2)C(NC(=O)c2cccc(Cl)c2)=CC(S(C)=O)=CCC1. The number of hydrogen-bond donors (Lipinski definition) is 2. The molecule has 3 aliphatic carbocycles. The van der Waals surface area contributed by atoms with Gasteiger partial charge in [0.05, 0.1) is 0 Å². The molecule has 7 heteroatoms. The average Bonchev–Trinajstić information content (AvgIpc) is 3.13. The molecule has 2 N–H and O–H groups in total. The lowest BCUT2D eigenvalue weighted by Crippen LogP contribution is -2.27. The summed E-state index contributed by atoms with van der Waals surface area (Å²) >= 11 is 6.16. The van der Waals surface area contributed by atoms with E-state index in [1.54, 1.807) is 30.5 Å². The highest BCUT2D eigenvalue weighted by Gasteiger charge is 2.23. The number of benzene rings is 1. The van der Waals surface area contributed by atoms with Crippen molar-refractivity contribution in [3.05, 3.63) is 105 Å². The molecule has 1 aromatic rings. The van der Waals surface area contributed by atoms with Crippen molar-refractivity contribution in [1.29, 1.82) is 0 Å². The molecule has 0 spiro atoms. The van der Waals surface area contributed by atoms with Gasteiger partial charge in [0.25, 0.3) is 5.91 Å². The van der Waals surface area contributed by atoms with Crippen molar-refractivity contribution < 1.29 is 13.8 Å². The summed E-state index contributed by atoms with van der Waals surface area (Å²) in [7, 11) is -1.16. The minimum absolute atomic E-state index is 0.166. The van der Waals surface area contributed by atoms with E-state index in [0.717, 1.165) is 93.2 Å². The fraction of sp³-hybridized carbons (Fsp3) is 0.474. The van der Waals surface area contributed by atoms with E-state index in [1.807, 2.05) is 12.2 Å². The maximum Gasteiger partial charge on any atom is 0.255 e. The molecule has 0 aromatic heterocycles. The van der Waals surface area contributed by atoms with Crippen LogP contribution in [0.3, 0.4) is 0 Å². The molecule has 5 nitrogen and oxygen atoms in total. The van der Waals surface area contributed by atoms with Crippen LogP contribution >= 0.6 is 11.6 Å². The predicted molar refractivity (Wildman–Crippen MR) is 188 cm³/mol. The van der Waals surface area contributed by atoms with E-state index in [-0.39, 0.29) is 11.8 Å². The second kappa shape index (κ2) is 18.3. The molecule has 0 bridgehead atoms. The Bertz CT molecular complexity index is 1420. The summed E-state index contributed by atoms with van der Waals surface area (Å²) in [5, 5.41) is 6.85. The Kier molecular flexibility index (Phi) is 14.2. The van der Waals surface area contributed by atoms with Crippen LogP contribution in [-0.2, 0) is 15.6 Å². The molecule has 242 valence electrons. The normalized spacial score (nSPS) is 21.9. The lowest BCUT2D eigenvalue weighted by molar-refractivity contribution is -0.121. The molecule has 0 radical (unpaired) electrons. The third-order valence-corrected chi connectivity index (χ3v) is 10.4. The smallest absolute Gasteiger partial charge is 0.255 e. The summed E-state index contributed by atoms with van der Waals surface area (Å²) in [4.78, 5) is 26.9. The first-order valence-electron chi connectivity index (χ1n) is 16.6. The highest BCUT2D eigenvalue weighted by molar-refractivity contribution is 7.88. The Hall–Kier alpha value is -2.96. The molecule has 0 aliphatic heterocycles. The van der Waals surface area contributed by atoms with E-state index in [0.29, 0.717) is 35.4 Å². The van der Waals surface area contributed by atoms with Gasteiger partial charge in [-0.2, -0.15) is 0 Å². The molecule has 1 fully saturated rings. The number of amides is 2. The maximum absolute atomic E-state index is 13.3. The lowest BCUT2D eigenvalue weighted by atomic mass is 9.88. The fourth-order valence-corrected chi connectivity index (χ4v) is 7.36. The van der Waals surface area contributed by atoms with E-state index in [9.17, 15) is 13.8 Å². The largest absolute Gasteiger partial charge is 0.352 e. The highest BCUT2D eigenvalue weighted by Crippen LogP contribution is 2.35. The van der Waals surface area contributed by atoms with Crippen LogP contribution in [0.1, 0.15) is 101 Å². The number of halogens is 1. The highest BCUT2D eigenvalue weighted by atomic mass is 35.5. The van der Waals surface area contributed by atoms with Gasteiger partial charge in [0, 0.05) is 51.2 Å². The minimum Gasteiger partial charge on any atom is -0.352 e. The summed E-state index contributed by atoms with van der Waals surface area (Å²) in [5.74, 6) is 0.948. The number of rotatable bonds is 10. The third-order valence-electron chi connectivity index (χ3n) is 9.21. The van der Waals surface area contributed by atoms with E-state index >= 15 is 0 Å². The molecular weight excluding hydrogens is 600 g/mol. The average molecular weight is 649 g/mol. The van der Waals surface area contributed by atoms with Gasteiger partial charge in [-0.3, -0.25) is 13.8 Å². The number of carbonyl (C=O) groups is 2. The van der Waals surface area contributed by atoms with Gasteiger partial charge in [0.2, 0.25) is 5.91 Å². The first-order valence-corrected chi connectivity index (χ1v) is 18.5. The van der Waals surface area contributed by atoms with E-state index < -0.39 is 10.8 Å². The number of carbonyl (C=O) groups excluding carboxylic acids is 2. The first-order chi connectivity index (χ1) is 21.8. The van der Waals surface area contributed by atoms with Crippen LogP contribution in [0.15, 0.2) is 94.1 Å². The zero-order valence-corrected chi connectivity index (χ0v) is 28.5. The predicted octanol–water partition coefficient (Wildman–Crippen LogP) is 9.03. The van der Waals surface area contributed by atoms with Gasteiger partial charge in [-0.05, 0) is 106 Å². The van der Waals surface area contributed by atoms with Crippen molar-refractivity contribution in [2.45, 2.75) is 90.4 Å². The standard InChI is InChI=1S/C38H49ClN2O3S/c1-28-12-9-19-34(45(2)44)26-36(41-38(43)32-17-11-18-33(39)25-32)35(28)23-22-29-15-10-16-30(21-20-29)24-37(42)40-27-31-13-7-5-3-4-6-8-14-31/h3-5,7,11,13,17-19,25-26,29-30H,6,8-10,12,14-16,20-24,27H2,1-2H3,(H,40,42)(H,41,43). The van der Waals surface area contributed by atoms with Gasteiger partial charge < -0.3 is 10.6 Å². The molecule has 3 atom stereocenters. The molecule has 1 saturated carbocycles. The molecular formula is C38H49ClN2O3S. The quantitative estimate of drug-likeness (QED) is 0.249. The first kappa shape index (κ1) is 34.9. The zero-order chi connectivity index (χ0) is 32.0. The van der Waals surface area contributed by atoms with Crippen molar-refractivity contribution >= 4 is 34.2 Å². The fourth-order valence-electron chi connectivity index (χ4n) is 6.54. The summed E-state index contributed by atoms with van der Waals surface area (Å²) in [6, 6.07) is 6.94. The summed E-state index contributed by atoms with van der Waals surface area (Å²) in [6.07, 6.45) is 29.1. The van der Waals surface area contributed by atoms with E-state index in [4.69, 9.17) is 11.6 Å². The van der Waals surface area contributed by atoms with Crippen molar-refractivity contribution in [2.24, 2.45) is 11.8 Å². The Labute approximate surface area is 277 Å². The number of nitrogens with one attached hydrogen (secondary N) is 2. The van der Waals surface area contributed by atoms with Crippen LogP contribution < -0.4 is 10.6 Å². The maximum atomic E-state index is 13.3. The number of hydrogen-bond acceptors (Lipinski definition) is 3. The van der Waals surface area contributed by atoms with Gasteiger partial charge >= 0.3 is 0 Å². The summed E-state index contributed by atoms with van der Waals surface area (Å²) in [6.45, 7) is 2.79. The van der Waals surface area contributed by atoms with Crippen LogP contribution in [0.25, 0.3) is 0 Å². The Balaban J connectivity index is 1.34. The molecule has 3 aliphatic rings. The van der Waals surface area contributed by atoms with Crippen LogP contribution in [0.2, 0.25) is 5.02 Å². The Morgan fingerprint density at radius 1 is 1.00 bits per heavy atom. The zero-order valence-electron chi connectivity index (χ0n) is 26.9. The van der Waals surface area contributed by atoms with Crippen LogP contribution in [0.5, 0.6) is 0 Å². The second-order valence-electron chi connectivity index (χ2n) is 12.7. The monoisotopic (exact) mass is 648 g/mol. The topological polar surface area (TPSA) is 75.3 Å². The van der Waals surface area contributed by atoms with Crippen molar-refractivity contribution in [3.8, 4) is 0 Å². The van der Waals surface area contributed by atoms with Gasteiger partial charge in [0.15, 0.2) is 0 Å². The molecule has 45 heavy (non-hydrogen) atoms. The van der Waals surface area contributed by atoms with Crippen molar-refractivity contribution in [3.63, 3.8) is 0 Å². The van der Waals surface area contributed by atoms with E-state index in [2.05, 4.69) is 47.9 Å². The molecule has 1 aromatic carbocycles. The van der Waals surface area contributed by atoms with Crippen LogP contribution in [0.4, 0.5) is 0 Å². The van der Waals surface area contributed by atoms with E-state index in [1.165, 1.54) is 11.1 Å². The van der Waals surface area contributed by atoms with Crippen molar-refractivity contribution in [2.75, 3.05) is 12.8 Å². The molecule has 2 amide bonds. The Morgan fingerprint density at radius 2 is 1.82 bits per heavy atom. The van der Waals surface area contributed by atoms with Crippen LogP contribution in [-0.4, -0.2) is 28.8 Å². The lowest BCUT2D eigenvalue weighted by Gasteiger charge is -2.22. The third kappa shape index (κ3) is 11.7. The number of allylic oxidation sites excluding steroid dienone is 9.